The van der Waals surface area contributed by atoms with E-state index in [1.807, 2.05) is 24.3 Å². The molecule has 128 valence electrons. The lowest BCUT2D eigenvalue weighted by Gasteiger charge is -2.13. The zero-order valence-corrected chi connectivity index (χ0v) is 14.1. The Morgan fingerprint density at radius 2 is 1.58 bits per heavy atom. The summed E-state index contributed by atoms with van der Waals surface area (Å²) in [6.07, 6.45) is 0. The molecular weight excluding hydrogens is 354 g/mol. The molecule has 0 atom stereocenters. The van der Waals surface area contributed by atoms with Gasteiger partial charge in [-0.2, -0.15) is 0 Å². The highest BCUT2D eigenvalue weighted by Crippen LogP contribution is 2.27. The van der Waals surface area contributed by atoms with E-state index >= 15 is 0 Å². The Balaban J connectivity index is 1.91. The third-order valence-electron chi connectivity index (χ3n) is 4.22. The van der Waals surface area contributed by atoms with Crippen molar-refractivity contribution >= 4 is 29.2 Å². The Bertz CT molecular complexity index is 1150. The Morgan fingerprint density at radius 1 is 0.885 bits per heavy atom. The van der Waals surface area contributed by atoms with Crippen molar-refractivity contribution in [1.82, 2.24) is 9.88 Å². The standard InChI is InChI=1S/C19H12ClN3O3/c20-12-5-1-3-10(7-12)11-4-2-6-13(8-11)23-15(24)9-14-16(17(23)21)19(26)22-18(14)25/h1-9H,21H2,(H,22,25,26). The molecule has 3 aromatic rings. The lowest BCUT2D eigenvalue weighted by molar-refractivity contribution is 0.0880. The summed E-state index contributed by atoms with van der Waals surface area (Å²) in [7, 11) is 0. The molecule has 0 saturated heterocycles. The van der Waals surface area contributed by atoms with Crippen molar-refractivity contribution < 1.29 is 9.59 Å². The van der Waals surface area contributed by atoms with Gasteiger partial charge in [-0.05, 0) is 35.4 Å². The van der Waals surface area contributed by atoms with Crippen LogP contribution in [0.4, 0.5) is 5.82 Å². The number of nitrogens with one attached hydrogen (secondary N) is 1. The minimum absolute atomic E-state index is 0.000235. The van der Waals surface area contributed by atoms with Gasteiger partial charge in [0.05, 0.1) is 16.8 Å². The van der Waals surface area contributed by atoms with E-state index in [1.54, 1.807) is 24.3 Å². The fourth-order valence-electron chi connectivity index (χ4n) is 3.04. The van der Waals surface area contributed by atoms with Crippen molar-refractivity contribution in [2.75, 3.05) is 5.73 Å². The number of fused-ring (bicyclic) bond motifs is 1. The van der Waals surface area contributed by atoms with Crippen molar-refractivity contribution in [1.29, 1.82) is 0 Å². The Hall–Kier alpha value is -3.38. The highest BCUT2D eigenvalue weighted by molar-refractivity contribution is 6.30. The molecule has 7 heteroatoms. The summed E-state index contributed by atoms with van der Waals surface area (Å²) < 4.78 is 1.21. The van der Waals surface area contributed by atoms with Crippen molar-refractivity contribution in [3.8, 4) is 16.8 Å². The van der Waals surface area contributed by atoms with Gasteiger partial charge in [-0.1, -0.05) is 35.9 Å². The summed E-state index contributed by atoms with van der Waals surface area (Å²) in [5.74, 6) is -1.30. The van der Waals surface area contributed by atoms with Crippen LogP contribution >= 0.6 is 11.6 Å². The van der Waals surface area contributed by atoms with E-state index in [9.17, 15) is 14.4 Å². The summed E-state index contributed by atoms with van der Waals surface area (Å²) in [5.41, 5.74) is 7.78. The number of benzene rings is 2. The van der Waals surface area contributed by atoms with Crippen molar-refractivity contribution in [2.45, 2.75) is 0 Å². The number of hydrogen-bond acceptors (Lipinski definition) is 4. The van der Waals surface area contributed by atoms with Crippen LogP contribution in [0.1, 0.15) is 20.7 Å². The second-order valence-electron chi connectivity index (χ2n) is 5.84. The van der Waals surface area contributed by atoms with Gasteiger partial charge in [0.2, 0.25) is 0 Å². The number of anilines is 1. The summed E-state index contributed by atoms with van der Waals surface area (Å²) in [5, 5.41) is 2.74. The first-order chi connectivity index (χ1) is 12.5. The Morgan fingerprint density at radius 3 is 2.31 bits per heavy atom. The number of halogens is 1. The molecule has 0 aliphatic carbocycles. The quantitative estimate of drug-likeness (QED) is 0.682. The van der Waals surface area contributed by atoms with E-state index in [0.717, 1.165) is 17.2 Å². The van der Waals surface area contributed by atoms with E-state index in [4.69, 9.17) is 17.3 Å². The molecule has 6 nitrogen and oxygen atoms in total. The number of nitrogen functional groups attached to an aromatic ring is 1. The molecule has 1 aromatic heterocycles. The number of nitrogens with two attached hydrogens (primary N) is 1. The van der Waals surface area contributed by atoms with Crippen LogP contribution in [0.15, 0.2) is 59.4 Å². The Kier molecular flexibility index (Phi) is 3.63. The predicted octanol–water partition coefficient (Wildman–Crippen LogP) is 2.62. The van der Waals surface area contributed by atoms with Gasteiger partial charge in [0.1, 0.15) is 5.82 Å². The number of imide groups is 1. The average molecular weight is 366 g/mol. The molecular formula is C19H12ClN3O3. The molecule has 0 fully saturated rings. The summed E-state index contributed by atoms with van der Waals surface area (Å²) in [4.78, 5) is 36.3. The van der Waals surface area contributed by atoms with Crippen LogP contribution in [-0.4, -0.2) is 16.4 Å². The van der Waals surface area contributed by atoms with E-state index < -0.39 is 17.4 Å². The van der Waals surface area contributed by atoms with E-state index in [1.165, 1.54) is 4.57 Å². The van der Waals surface area contributed by atoms with Crippen LogP contribution in [0.25, 0.3) is 16.8 Å². The molecule has 1 aliphatic heterocycles. The van der Waals surface area contributed by atoms with Crippen LogP contribution in [0, 0.1) is 0 Å². The lowest BCUT2D eigenvalue weighted by atomic mass is 10.0. The zero-order valence-electron chi connectivity index (χ0n) is 13.3. The molecule has 4 rings (SSSR count). The minimum atomic E-state index is -0.617. The number of carbonyl (C=O) groups excluding carboxylic acids is 2. The van der Waals surface area contributed by atoms with Crippen molar-refractivity contribution in [2.24, 2.45) is 0 Å². The third-order valence-corrected chi connectivity index (χ3v) is 4.45. The molecule has 1 aliphatic rings. The fraction of sp³-hybridized carbons (Fsp3) is 0. The number of aromatic nitrogens is 1. The summed E-state index contributed by atoms with van der Waals surface area (Å²) >= 11 is 6.04. The SMILES string of the molecule is Nc1c2c(cc(=O)n1-c1cccc(-c3cccc(Cl)c3)c1)C(=O)NC2=O. The second-order valence-corrected chi connectivity index (χ2v) is 6.27. The molecule has 0 bridgehead atoms. The average Bonchev–Trinajstić information content (AvgIpc) is 2.89. The van der Waals surface area contributed by atoms with Gasteiger partial charge in [0.25, 0.3) is 17.4 Å². The van der Waals surface area contributed by atoms with E-state index in [-0.39, 0.29) is 16.9 Å². The van der Waals surface area contributed by atoms with E-state index in [2.05, 4.69) is 5.32 Å². The molecule has 0 saturated carbocycles. The van der Waals surface area contributed by atoms with Crippen LogP contribution in [-0.2, 0) is 0 Å². The lowest BCUT2D eigenvalue weighted by Crippen LogP contribution is -2.24. The highest BCUT2D eigenvalue weighted by atomic mass is 35.5. The molecule has 0 unspecified atom stereocenters. The normalized spacial score (nSPS) is 12.8. The molecule has 2 aromatic carbocycles. The monoisotopic (exact) mass is 365 g/mol. The molecule has 0 spiro atoms. The van der Waals surface area contributed by atoms with Gasteiger partial charge in [0.15, 0.2) is 0 Å². The maximum atomic E-state index is 12.5. The van der Waals surface area contributed by atoms with E-state index in [0.29, 0.717) is 10.7 Å². The zero-order chi connectivity index (χ0) is 18.4. The highest BCUT2D eigenvalue weighted by Gasteiger charge is 2.31. The van der Waals surface area contributed by atoms with Gasteiger partial charge in [0, 0.05) is 11.1 Å². The topological polar surface area (TPSA) is 94.2 Å². The van der Waals surface area contributed by atoms with Crippen molar-refractivity contribution in [3.63, 3.8) is 0 Å². The van der Waals surface area contributed by atoms with Crippen LogP contribution in [0.5, 0.6) is 0 Å². The molecule has 3 N–H and O–H groups in total. The maximum absolute atomic E-state index is 12.5. The van der Waals surface area contributed by atoms with Crippen molar-refractivity contribution in [3.05, 3.63) is 81.1 Å². The van der Waals surface area contributed by atoms with Gasteiger partial charge < -0.3 is 5.73 Å². The Labute approximate surface area is 152 Å². The number of hydrogen-bond donors (Lipinski definition) is 2. The molecule has 2 heterocycles. The number of nitrogens with zero attached hydrogens (tertiary/aromatic N) is 1. The first kappa shape index (κ1) is 16.1. The number of amides is 2. The second kappa shape index (κ2) is 5.86. The largest absolute Gasteiger partial charge is 0.384 e. The molecule has 0 radical (unpaired) electrons. The summed E-state index contributed by atoms with van der Waals surface area (Å²) in [6, 6.07) is 15.5. The van der Waals surface area contributed by atoms with Gasteiger partial charge in [-0.25, -0.2) is 0 Å². The predicted molar refractivity (Wildman–Crippen MR) is 98.7 cm³/mol. The van der Waals surface area contributed by atoms with Gasteiger partial charge in [-0.15, -0.1) is 0 Å². The minimum Gasteiger partial charge on any atom is -0.384 e. The van der Waals surface area contributed by atoms with Crippen LogP contribution < -0.4 is 16.6 Å². The number of pyridine rings is 1. The summed E-state index contributed by atoms with van der Waals surface area (Å²) in [6.45, 7) is 0. The smallest absolute Gasteiger partial charge is 0.262 e. The van der Waals surface area contributed by atoms with Gasteiger partial charge in [-0.3, -0.25) is 24.3 Å². The fourth-order valence-corrected chi connectivity index (χ4v) is 3.23. The molecule has 2 amide bonds. The number of rotatable bonds is 2. The third kappa shape index (κ3) is 2.48. The number of carbonyl (C=O) groups is 2. The van der Waals surface area contributed by atoms with Gasteiger partial charge >= 0.3 is 0 Å². The van der Waals surface area contributed by atoms with Crippen LogP contribution in [0.3, 0.4) is 0 Å². The maximum Gasteiger partial charge on any atom is 0.262 e. The van der Waals surface area contributed by atoms with Crippen LogP contribution in [0.2, 0.25) is 5.02 Å². The molecule has 26 heavy (non-hydrogen) atoms. The first-order valence-electron chi connectivity index (χ1n) is 7.73. The first-order valence-corrected chi connectivity index (χ1v) is 8.11.